The van der Waals surface area contributed by atoms with Gasteiger partial charge in [0.2, 0.25) is 5.91 Å². The maximum atomic E-state index is 11.9. The monoisotopic (exact) mass is 214 g/mol. The van der Waals surface area contributed by atoms with E-state index in [1.165, 1.54) is 0 Å². The SMILES string of the molecule is CCCC(COC)N1CCCC(N)C1=O. The number of carbonyl (C=O) groups excluding carboxylic acids is 1. The first-order valence-corrected chi connectivity index (χ1v) is 5.75. The fourth-order valence-electron chi connectivity index (χ4n) is 2.15. The second-order valence-corrected chi connectivity index (χ2v) is 4.18. The van der Waals surface area contributed by atoms with Crippen molar-refractivity contribution in [1.82, 2.24) is 4.90 Å². The molecule has 1 aliphatic heterocycles. The van der Waals surface area contributed by atoms with Gasteiger partial charge in [0.25, 0.3) is 0 Å². The van der Waals surface area contributed by atoms with Crippen molar-refractivity contribution in [2.45, 2.75) is 44.7 Å². The summed E-state index contributed by atoms with van der Waals surface area (Å²) in [5, 5.41) is 0. The minimum absolute atomic E-state index is 0.0942. The number of piperidine rings is 1. The summed E-state index contributed by atoms with van der Waals surface area (Å²) in [4.78, 5) is 13.8. The molecule has 88 valence electrons. The van der Waals surface area contributed by atoms with Crippen molar-refractivity contribution >= 4 is 5.91 Å². The van der Waals surface area contributed by atoms with Crippen molar-refractivity contribution in [3.63, 3.8) is 0 Å². The normalized spacial score (nSPS) is 24.3. The number of ether oxygens (including phenoxy) is 1. The lowest BCUT2D eigenvalue weighted by atomic mass is 10.0. The standard InChI is InChI=1S/C11H22N2O2/c1-3-5-9(8-15-2)13-7-4-6-10(12)11(13)14/h9-10H,3-8,12H2,1-2H3. The average Bonchev–Trinajstić information content (AvgIpc) is 2.22. The van der Waals surface area contributed by atoms with Crippen LogP contribution in [0.4, 0.5) is 0 Å². The summed E-state index contributed by atoms with van der Waals surface area (Å²) in [7, 11) is 1.68. The highest BCUT2D eigenvalue weighted by Crippen LogP contribution is 2.16. The summed E-state index contributed by atoms with van der Waals surface area (Å²) in [5.41, 5.74) is 5.77. The van der Waals surface area contributed by atoms with E-state index in [-0.39, 0.29) is 18.0 Å². The number of nitrogens with two attached hydrogens (primary N) is 1. The lowest BCUT2D eigenvalue weighted by Crippen LogP contribution is -2.53. The van der Waals surface area contributed by atoms with E-state index in [0.29, 0.717) is 6.61 Å². The lowest BCUT2D eigenvalue weighted by molar-refractivity contribution is -0.138. The fraction of sp³-hybridized carbons (Fsp3) is 0.909. The third-order valence-electron chi connectivity index (χ3n) is 2.94. The Morgan fingerprint density at radius 3 is 3.00 bits per heavy atom. The molecule has 0 spiro atoms. The van der Waals surface area contributed by atoms with E-state index in [9.17, 15) is 4.79 Å². The minimum atomic E-state index is -0.296. The second kappa shape index (κ2) is 6.08. The first-order chi connectivity index (χ1) is 7.20. The van der Waals surface area contributed by atoms with E-state index in [1.54, 1.807) is 7.11 Å². The molecule has 4 nitrogen and oxygen atoms in total. The summed E-state index contributed by atoms with van der Waals surface area (Å²) < 4.78 is 5.16. The molecule has 1 saturated heterocycles. The van der Waals surface area contributed by atoms with Gasteiger partial charge in [-0.15, -0.1) is 0 Å². The average molecular weight is 214 g/mol. The Morgan fingerprint density at radius 2 is 2.40 bits per heavy atom. The highest BCUT2D eigenvalue weighted by molar-refractivity contribution is 5.82. The van der Waals surface area contributed by atoms with Gasteiger partial charge in [-0.05, 0) is 19.3 Å². The van der Waals surface area contributed by atoms with Crippen LogP contribution in [-0.2, 0) is 9.53 Å². The fourth-order valence-corrected chi connectivity index (χ4v) is 2.15. The summed E-state index contributed by atoms with van der Waals surface area (Å²) in [6, 6.07) is -0.0891. The van der Waals surface area contributed by atoms with E-state index in [2.05, 4.69) is 6.92 Å². The van der Waals surface area contributed by atoms with Crippen LogP contribution in [0, 0.1) is 0 Å². The number of hydrogen-bond donors (Lipinski definition) is 1. The molecule has 2 unspecified atom stereocenters. The molecule has 0 aromatic heterocycles. The molecule has 15 heavy (non-hydrogen) atoms. The number of nitrogens with zero attached hydrogens (tertiary/aromatic N) is 1. The van der Waals surface area contributed by atoms with Crippen LogP contribution < -0.4 is 5.73 Å². The Morgan fingerprint density at radius 1 is 1.67 bits per heavy atom. The topological polar surface area (TPSA) is 55.6 Å². The van der Waals surface area contributed by atoms with Gasteiger partial charge in [0.15, 0.2) is 0 Å². The molecule has 0 aromatic carbocycles. The van der Waals surface area contributed by atoms with Crippen molar-refractivity contribution in [3.05, 3.63) is 0 Å². The van der Waals surface area contributed by atoms with Gasteiger partial charge in [0.05, 0.1) is 18.7 Å². The molecule has 0 radical (unpaired) electrons. The highest BCUT2D eigenvalue weighted by atomic mass is 16.5. The molecule has 0 bridgehead atoms. The number of likely N-dealkylation sites (tertiary alicyclic amines) is 1. The number of amides is 1. The van der Waals surface area contributed by atoms with Gasteiger partial charge in [-0.1, -0.05) is 13.3 Å². The predicted octanol–water partition coefficient (Wildman–Crippen LogP) is 0.751. The van der Waals surface area contributed by atoms with Crippen LogP contribution in [0.1, 0.15) is 32.6 Å². The molecule has 1 amide bonds. The zero-order valence-electron chi connectivity index (χ0n) is 9.74. The first-order valence-electron chi connectivity index (χ1n) is 5.75. The maximum absolute atomic E-state index is 11.9. The predicted molar refractivity (Wildman–Crippen MR) is 59.5 cm³/mol. The third kappa shape index (κ3) is 3.18. The Hall–Kier alpha value is -0.610. The lowest BCUT2D eigenvalue weighted by Gasteiger charge is -2.36. The Bertz CT molecular complexity index is 203. The van der Waals surface area contributed by atoms with Crippen LogP contribution in [-0.4, -0.2) is 43.2 Å². The quantitative estimate of drug-likeness (QED) is 0.735. The molecule has 0 saturated carbocycles. The summed E-state index contributed by atoms with van der Waals surface area (Å²) in [6.45, 7) is 3.57. The molecular formula is C11H22N2O2. The zero-order valence-corrected chi connectivity index (χ0v) is 9.74. The largest absolute Gasteiger partial charge is 0.383 e. The minimum Gasteiger partial charge on any atom is -0.383 e. The van der Waals surface area contributed by atoms with Gasteiger partial charge in [-0.2, -0.15) is 0 Å². The molecule has 1 heterocycles. The number of methoxy groups -OCH3 is 1. The smallest absolute Gasteiger partial charge is 0.239 e. The van der Waals surface area contributed by atoms with Crippen molar-refractivity contribution in [3.8, 4) is 0 Å². The van der Waals surface area contributed by atoms with E-state index in [4.69, 9.17) is 10.5 Å². The molecule has 4 heteroatoms. The first kappa shape index (κ1) is 12.5. The van der Waals surface area contributed by atoms with Crippen LogP contribution in [0.3, 0.4) is 0 Å². The molecule has 0 aromatic rings. The molecule has 2 atom stereocenters. The molecule has 1 fully saturated rings. The van der Waals surface area contributed by atoms with E-state index in [0.717, 1.165) is 32.2 Å². The van der Waals surface area contributed by atoms with Crippen molar-refractivity contribution in [1.29, 1.82) is 0 Å². The van der Waals surface area contributed by atoms with Gasteiger partial charge in [-0.25, -0.2) is 0 Å². The van der Waals surface area contributed by atoms with E-state index in [1.807, 2.05) is 4.90 Å². The third-order valence-corrected chi connectivity index (χ3v) is 2.94. The Balaban J connectivity index is 2.59. The van der Waals surface area contributed by atoms with Gasteiger partial charge < -0.3 is 15.4 Å². The molecule has 1 rings (SSSR count). The van der Waals surface area contributed by atoms with Gasteiger partial charge in [0.1, 0.15) is 0 Å². The maximum Gasteiger partial charge on any atom is 0.239 e. The summed E-state index contributed by atoms with van der Waals surface area (Å²) >= 11 is 0. The van der Waals surface area contributed by atoms with E-state index < -0.39 is 0 Å². The number of rotatable bonds is 5. The van der Waals surface area contributed by atoms with Gasteiger partial charge in [0, 0.05) is 13.7 Å². The number of carbonyl (C=O) groups is 1. The van der Waals surface area contributed by atoms with Gasteiger partial charge >= 0.3 is 0 Å². The second-order valence-electron chi connectivity index (χ2n) is 4.18. The molecule has 0 aliphatic carbocycles. The Kier molecular flexibility index (Phi) is 5.05. The van der Waals surface area contributed by atoms with Crippen LogP contribution in [0.25, 0.3) is 0 Å². The van der Waals surface area contributed by atoms with Crippen molar-refractivity contribution < 1.29 is 9.53 Å². The number of hydrogen-bond acceptors (Lipinski definition) is 3. The summed E-state index contributed by atoms with van der Waals surface area (Å²) in [6.07, 6.45) is 3.89. The Labute approximate surface area is 91.8 Å². The van der Waals surface area contributed by atoms with Crippen LogP contribution in [0.5, 0.6) is 0 Å². The van der Waals surface area contributed by atoms with Crippen LogP contribution in [0.2, 0.25) is 0 Å². The van der Waals surface area contributed by atoms with Crippen molar-refractivity contribution in [2.75, 3.05) is 20.3 Å². The summed E-state index contributed by atoms with van der Waals surface area (Å²) in [5.74, 6) is 0.0942. The molecule has 2 N–H and O–H groups in total. The molecular weight excluding hydrogens is 192 g/mol. The van der Waals surface area contributed by atoms with Gasteiger partial charge in [-0.3, -0.25) is 4.79 Å². The van der Waals surface area contributed by atoms with Crippen LogP contribution in [0.15, 0.2) is 0 Å². The zero-order chi connectivity index (χ0) is 11.3. The van der Waals surface area contributed by atoms with E-state index >= 15 is 0 Å². The van der Waals surface area contributed by atoms with Crippen LogP contribution >= 0.6 is 0 Å². The highest BCUT2D eigenvalue weighted by Gasteiger charge is 2.30. The molecule has 1 aliphatic rings. The van der Waals surface area contributed by atoms with Crippen molar-refractivity contribution in [2.24, 2.45) is 5.73 Å².